The summed E-state index contributed by atoms with van der Waals surface area (Å²) in [4.78, 5) is 12.1. The van der Waals surface area contributed by atoms with Crippen LogP contribution < -0.4 is 10.6 Å². The van der Waals surface area contributed by atoms with E-state index in [0.717, 1.165) is 37.8 Å². The van der Waals surface area contributed by atoms with Crippen molar-refractivity contribution in [2.45, 2.75) is 37.3 Å². The number of hydrogen-bond donors (Lipinski definition) is 2. The third-order valence-electron chi connectivity index (χ3n) is 4.75. The highest BCUT2D eigenvalue weighted by molar-refractivity contribution is 7.08. The number of nitrogens with one attached hydrogen (secondary N) is 2. The van der Waals surface area contributed by atoms with E-state index in [4.69, 9.17) is 0 Å². The molecule has 134 valence electrons. The number of halogens is 3. The summed E-state index contributed by atoms with van der Waals surface area (Å²) < 4.78 is 37.7. The molecule has 2 aromatic rings. The van der Waals surface area contributed by atoms with Crippen molar-refractivity contribution in [2.24, 2.45) is 0 Å². The molecule has 0 aliphatic heterocycles. The number of alkyl halides is 3. The van der Waals surface area contributed by atoms with Crippen molar-refractivity contribution in [2.75, 3.05) is 11.9 Å². The van der Waals surface area contributed by atoms with Crippen LogP contribution in [0.3, 0.4) is 0 Å². The largest absolute Gasteiger partial charge is 0.416 e. The minimum atomic E-state index is -4.38. The van der Waals surface area contributed by atoms with Gasteiger partial charge < -0.3 is 10.6 Å². The fourth-order valence-corrected chi connectivity index (χ4v) is 4.13. The van der Waals surface area contributed by atoms with Gasteiger partial charge in [0, 0.05) is 17.6 Å². The molecule has 1 fully saturated rings. The maximum Gasteiger partial charge on any atom is 0.416 e. The van der Waals surface area contributed by atoms with Gasteiger partial charge in [0.15, 0.2) is 0 Å². The van der Waals surface area contributed by atoms with E-state index in [0.29, 0.717) is 12.2 Å². The molecule has 3 nitrogen and oxygen atoms in total. The summed E-state index contributed by atoms with van der Waals surface area (Å²) in [6.45, 7) is 0.524. The van der Waals surface area contributed by atoms with Gasteiger partial charge in [-0.05, 0) is 59.5 Å². The van der Waals surface area contributed by atoms with Crippen LogP contribution in [0.5, 0.6) is 0 Å². The Bertz CT molecular complexity index is 705. The van der Waals surface area contributed by atoms with E-state index in [2.05, 4.69) is 22.1 Å². The molecule has 25 heavy (non-hydrogen) atoms. The van der Waals surface area contributed by atoms with Crippen LogP contribution in [-0.4, -0.2) is 12.6 Å². The number of urea groups is 1. The topological polar surface area (TPSA) is 41.1 Å². The Balaban J connectivity index is 1.59. The van der Waals surface area contributed by atoms with Crippen molar-refractivity contribution in [3.8, 4) is 0 Å². The minimum absolute atomic E-state index is 0.0303. The molecule has 1 aromatic carbocycles. The first-order valence-electron chi connectivity index (χ1n) is 8.14. The molecular weight excluding hydrogens is 349 g/mol. The molecule has 0 atom stereocenters. The molecule has 2 amide bonds. The highest BCUT2D eigenvalue weighted by Crippen LogP contribution is 2.41. The molecular formula is C18H19F3N2OS. The molecule has 7 heteroatoms. The molecule has 1 aliphatic carbocycles. The Labute approximate surface area is 148 Å². The number of carbonyl (C=O) groups excluding carboxylic acids is 1. The summed E-state index contributed by atoms with van der Waals surface area (Å²) in [6, 6.07) is 6.13. The number of rotatable bonds is 4. The van der Waals surface area contributed by atoms with Gasteiger partial charge in [-0.25, -0.2) is 4.79 Å². The van der Waals surface area contributed by atoms with Gasteiger partial charge in [0.05, 0.1) is 5.56 Å². The SMILES string of the molecule is O=C(NCC1(c2ccsc2)CCCC1)Nc1ccc(C(F)(F)F)cc1. The molecule has 1 heterocycles. The summed E-state index contributed by atoms with van der Waals surface area (Å²) in [6.07, 6.45) is -0.0408. The van der Waals surface area contributed by atoms with Crippen LogP contribution in [0.15, 0.2) is 41.1 Å². The van der Waals surface area contributed by atoms with Crippen LogP contribution in [0.1, 0.15) is 36.8 Å². The maximum absolute atomic E-state index is 12.6. The predicted molar refractivity (Wildman–Crippen MR) is 92.9 cm³/mol. The second kappa shape index (κ2) is 7.07. The average Bonchev–Trinajstić information content (AvgIpc) is 3.25. The van der Waals surface area contributed by atoms with Gasteiger partial charge in [-0.2, -0.15) is 24.5 Å². The standard InChI is InChI=1S/C18H19F3N2OS/c19-18(20,21)13-3-5-15(6-4-13)23-16(24)22-12-17(8-1-2-9-17)14-7-10-25-11-14/h3-7,10-11H,1-2,8-9,12H2,(H2,22,23,24). The Morgan fingerprint density at radius 2 is 1.80 bits per heavy atom. The van der Waals surface area contributed by atoms with Crippen molar-refractivity contribution < 1.29 is 18.0 Å². The van der Waals surface area contributed by atoms with Crippen molar-refractivity contribution in [3.05, 3.63) is 52.2 Å². The van der Waals surface area contributed by atoms with Crippen molar-refractivity contribution in [3.63, 3.8) is 0 Å². The van der Waals surface area contributed by atoms with Gasteiger partial charge in [0.1, 0.15) is 0 Å². The van der Waals surface area contributed by atoms with Gasteiger partial charge in [0.2, 0.25) is 0 Å². The number of amides is 2. The fourth-order valence-electron chi connectivity index (χ4n) is 3.35. The number of carbonyl (C=O) groups is 1. The second-order valence-corrected chi connectivity index (χ2v) is 7.16. The van der Waals surface area contributed by atoms with Crippen molar-refractivity contribution in [1.82, 2.24) is 5.32 Å². The van der Waals surface area contributed by atoms with Crippen LogP contribution in [-0.2, 0) is 11.6 Å². The van der Waals surface area contributed by atoms with E-state index in [1.165, 1.54) is 17.7 Å². The normalized spacial score (nSPS) is 16.6. The van der Waals surface area contributed by atoms with Gasteiger partial charge in [-0.3, -0.25) is 0 Å². The first-order chi connectivity index (χ1) is 11.9. The van der Waals surface area contributed by atoms with Crippen molar-refractivity contribution >= 4 is 23.1 Å². The summed E-state index contributed by atoms with van der Waals surface area (Å²) >= 11 is 1.64. The summed E-state index contributed by atoms with van der Waals surface area (Å²) in [5.74, 6) is 0. The van der Waals surface area contributed by atoms with Gasteiger partial charge in [-0.1, -0.05) is 12.8 Å². The van der Waals surface area contributed by atoms with Crippen LogP contribution >= 0.6 is 11.3 Å². The smallest absolute Gasteiger partial charge is 0.337 e. The number of hydrogen-bond acceptors (Lipinski definition) is 2. The average molecular weight is 368 g/mol. The minimum Gasteiger partial charge on any atom is -0.337 e. The highest BCUT2D eigenvalue weighted by Gasteiger charge is 2.36. The molecule has 3 rings (SSSR count). The summed E-state index contributed by atoms with van der Waals surface area (Å²) in [7, 11) is 0. The van der Waals surface area contributed by atoms with Gasteiger partial charge >= 0.3 is 12.2 Å². The quantitative estimate of drug-likeness (QED) is 0.745. The summed E-state index contributed by atoms with van der Waals surface area (Å²) in [5.41, 5.74) is 0.824. The molecule has 0 radical (unpaired) electrons. The monoisotopic (exact) mass is 368 g/mol. The lowest BCUT2D eigenvalue weighted by Crippen LogP contribution is -2.40. The predicted octanol–water partition coefficient (Wildman–Crippen LogP) is 5.40. The third-order valence-corrected chi connectivity index (χ3v) is 5.43. The zero-order valence-electron chi connectivity index (χ0n) is 13.5. The fraction of sp³-hybridized carbons (Fsp3) is 0.389. The van der Waals surface area contributed by atoms with Crippen molar-refractivity contribution in [1.29, 1.82) is 0 Å². The maximum atomic E-state index is 12.6. The zero-order chi connectivity index (χ0) is 17.9. The first kappa shape index (κ1) is 17.8. The molecule has 1 saturated carbocycles. The Morgan fingerprint density at radius 3 is 2.36 bits per heavy atom. The van der Waals surface area contributed by atoms with Crippen LogP contribution in [0.25, 0.3) is 0 Å². The van der Waals surface area contributed by atoms with Gasteiger partial charge in [0.25, 0.3) is 0 Å². The van der Waals surface area contributed by atoms with Crippen LogP contribution in [0.2, 0.25) is 0 Å². The van der Waals surface area contributed by atoms with E-state index in [-0.39, 0.29) is 5.41 Å². The van der Waals surface area contributed by atoms with E-state index in [1.807, 2.05) is 5.38 Å². The van der Waals surface area contributed by atoms with E-state index in [9.17, 15) is 18.0 Å². The zero-order valence-corrected chi connectivity index (χ0v) is 14.3. The second-order valence-electron chi connectivity index (χ2n) is 6.38. The molecule has 0 bridgehead atoms. The lowest BCUT2D eigenvalue weighted by atomic mass is 9.80. The highest BCUT2D eigenvalue weighted by atomic mass is 32.1. The molecule has 1 aliphatic rings. The summed E-state index contributed by atoms with van der Waals surface area (Å²) in [5, 5.41) is 9.64. The Hall–Kier alpha value is -2.02. The first-order valence-corrected chi connectivity index (χ1v) is 9.08. The Kier molecular flexibility index (Phi) is 5.03. The van der Waals surface area contributed by atoms with E-state index in [1.54, 1.807) is 11.3 Å². The lowest BCUT2D eigenvalue weighted by Gasteiger charge is -2.28. The molecule has 0 saturated heterocycles. The molecule has 1 aromatic heterocycles. The lowest BCUT2D eigenvalue weighted by molar-refractivity contribution is -0.137. The molecule has 0 unspecified atom stereocenters. The number of anilines is 1. The van der Waals surface area contributed by atoms with E-state index >= 15 is 0 Å². The molecule has 0 spiro atoms. The number of thiophene rings is 1. The Morgan fingerprint density at radius 1 is 1.12 bits per heavy atom. The molecule has 2 N–H and O–H groups in total. The van der Waals surface area contributed by atoms with Gasteiger partial charge in [-0.15, -0.1) is 0 Å². The third kappa shape index (κ3) is 4.15. The number of benzene rings is 1. The van der Waals surface area contributed by atoms with Crippen LogP contribution in [0, 0.1) is 0 Å². The van der Waals surface area contributed by atoms with Crippen LogP contribution in [0.4, 0.5) is 23.7 Å². The van der Waals surface area contributed by atoms with E-state index < -0.39 is 17.8 Å².